The van der Waals surface area contributed by atoms with Crippen LogP contribution in [0.4, 0.5) is 0 Å². The van der Waals surface area contributed by atoms with Crippen molar-refractivity contribution in [1.82, 2.24) is 15.5 Å². The molecule has 41 heavy (non-hydrogen) atoms. The number of aryl methyl sites for hydroxylation is 1. The van der Waals surface area contributed by atoms with Gasteiger partial charge in [0.15, 0.2) is 0 Å². The third-order valence-electron chi connectivity index (χ3n) is 7.74. The molecule has 6 nitrogen and oxygen atoms in total. The van der Waals surface area contributed by atoms with Gasteiger partial charge in [-0.25, -0.2) is 0 Å². The Morgan fingerprint density at radius 2 is 1.68 bits per heavy atom. The Hall–Kier alpha value is -3.32. The predicted octanol–water partition coefficient (Wildman–Crippen LogP) is 5.71. The highest BCUT2D eigenvalue weighted by Gasteiger charge is 2.38. The first-order valence-corrected chi connectivity index (χ1v) is 14.9. The molecule has 3 aromatic carbocycles. The van der Waals surface area contributed by atoms with Gasteiger partial charge >= 0.3 is 0 Å². The Kier molecular flexibility index (Phi) is 9.65. The first-order valence-electron chi connectivity index (χ1n) is 14.1. The molecule has 3 aromatic rings. The molecule has 1 fully saturated rings. The van der Waals surface area contributed by atoms with Gasteiger partial charge in [-0.15, -0.1) is 0 Å². The number of hydrogen-bond acceptors (Lipinski definition) is 4. The van der Waals surface area contributed by atoms with Crippen molar-refractivity contribution in [2.45, 2.75) is 44.7 Å². The monoisotopic (exact) mass is 591 g/mol. The van der Waals surface area contributed by atoms with Gasteiger partial charge in [-0.2, -0.15) is 0 Å². The van der Waals surface area contributed by atoms with Gasteiger partial charge < -0.3 is 20.3 Å². The Bertz CT molecular complexity index is 1420. The van der Waals surface area contributed by atoms with E-state index in [1.807, 2.05) is 53.4 Å². The zero-order valence-corrected chi connectivity index (χ0v) is 24.7. The maximum absolute atomic E-state index is 13.6. The van der Waals surface area contributed by atoms with Gasteiger partial charge in [0.1, 0.15) is 5.75 Å². The van der Waals surface area contributed by atoms with E-state index < -0.39 is 0 Å². The standard InChI is InChI=1S/C33H35Cl2N3O3/c1-22(39)38-20-26-19-27(24-14-12-23(13-15-24)7-6-18-41-31-11-5-4-10-29(31)35)32(30(21-38)37-26)33(40)36-17-16-25-8-2-3-9-28(25)34/h2-5,8-15,26,30,37H,6-7,16-21H2,1H3,(H,36,40)/t26-,30-/m1/s1. The summed E-state index contributed by atoms with van der Waals surface area (Å²) in [5.74, 6) is 0.634. The van der Waals surface area contributed by atoms with Crippen LogP contribution in [0.25, 0.3) is 5.57 Å². The van der Waals surface area contributed by atoms with Gasteiger partial charge in [-0.3, -0.25) is 9.59 Å². The number of carbonyl (C=O) groups excluding carboxylic acids is 2. The predicted molar refractivity (Wildman–Crippen MR) is 164 cm³/mol. The van der Waals surface area contributed by atoms with E-state index in [0.717, 1.165) is 29.5 Å². The van der Waals surface area contributed by atoms with Crippen molar-refractivity contribution in [2.24, 2.45) is 0 Å². The molecule has 0 radical (unpaired) electrons. The van der Waals surface area contributed by atoms with E-state index in [-0.39, 0.29) is 23.9 Å². The van der Waals surface area contributed by atoms with Gasteiger partial charge in [0.05, 0.1) is 17.7 Å². The van der Waals surface area contributed by atoms with Crippen LogP contribution in [-0.2, 0) is 22.4 Å². The normalized spacial score (nSPS) is 18.3. The van der Waals surface area contributed by atoms with E-state index in [0.29, 0.717) is 60.5 Å². The minimum absolute atomic E-state index is 0.0336. The molecule has 0 saturated carbocycles. The average molecular weight is 593 g/mol. The highest BCUT2D eigenvalue weighted by molar-refractivity contribution is 6.32. The number of halogens is 2. The summed E-state index contributed by atoms with van der Waals surface area (Å²) in [6.45, 7) is 3.76. The van der Waals surface area contributed by atoms with Crippen LogP contribution in [0.2, 0.25) is 10.0 Å². The fraction of sp³-hybridized carbons (Fsp3) is 0.333. The fourth-order valence-electron chi connectivity index (χ4n) is 5.64. The molecule has 1 saturated heterocycles. The van der Waals surface area contributed by atoms with Crippen LogP contribution in [0.15, 0.2) is 78.4 Å². The second-order valence-electron chi connectivity index (χ2n) is 10.6. The third kappa shape index (κ3) is 7.31. The Balaban J connectivity index is 1.28. The number of benzene rings is 3. The summed E-state index contributed by atoms with van der Waals surface area (Å²) < 4.78 is 5.83. The van der Waals surface area contributed by atoms with Crippen LogP contribution >= 0.6 is 23.2 Å². The number of rotatable bonds is 10. The summed E-state index contributed by atoms with van der Waals surface area (Å²) in [6, 6.07) is 23.5. The molecule has 2 bridgehead atoms. The summed E-state index contributed by atoms with van der Waals surface area (Å²) in [5, 5.41) is 8.02. The van der Waals surface area contributed by atoms with E-state index >= 15 is 0 Å². The van der Waals surface area contributed by atoms with Crippen LogP contribution in [-0.4, -0.2) is 55.0 Å². The molecule has 214 valence electrons. The van der Waals surface area contributed by atoms with E-state index in [9.17, 15) is 9.59 Å². The molecule has 2 heterocycles. The zero-order chi connectivity index (χ0) is 28.8. The molecule has 2 aliphatic rings. The molecule has 5 rings (SSSR count). The van der Waals surface area contributed by atoms with Crippen LogP contribution in [0.1, 0.15) is 36.5 Å². The number of amides is 2. The van der Waals surface area contributed by atoms with Crippen LogP contribution in [0.5, 0.6) is 5.75 Å². The minimum Gasteiger partial charge on any atom is -0.492 e. The highest BCUT2D eigenvalue weighted by Crippen LogP contribution is 2.33. The highest BCUT2D eigenvalue weighted by atomic mass is 35.5. The Morgan fingerprint density at radius 1 is 0.951 bits per heavy atom. The molecule has 0 aromatic heterocycles. The summed E-state index contributed by atoms with van der Waals surface area (Å²) in [6.07, 6.45) is 3.06. The van der Waals surface area contributed by atoms with E-state index in [4.69, 9.17) is 27.9 Å². The smallest absolute Gasteiger partial charge is 0.249 e. The largest absolute Gasteiger partial charge is 0.492 e. The van der Waals surface area contributed by atoms with Crippen molar-refractivity contribution in [3.63, 3.8) is 0 Å². The van der Waals surface area contributed by atoms with Crippen LogP contribution < -0.4 is 15.4 Å². The zero-order valence-electron chi connectivity index (χ0n) is 23.2. The molecule has 2 atom stereocenters. The van der Waals surface area contributed by atoms with E-state index in [2.05, 4.69) is 34.9 Å². The van der Waals surface area contributed by atoms with E-state index in [1.54, 1.807) is 6.92 Å². The molecule has 2 amide bonds. The third-order valence-corrected chi connectivity index (χ3v) is 8.42. The molecular formula is C33H35Cl2N3O3. The number of fused-ring (bicyclic) bond motifs is 2. The van der Waals surface area contributed by atoms with Crippen molar-refractivity contribution >= 4 is 40.6 Å². The van der Waals surface area contributed by atoms with Gasteiger partial charge in [-0.05, 0) is 66.1 Å². The lowest BCUT2D eigenvalue weighted by Gasteiger charge is -2.44. The summed E-state index contributed by atoms with van der Waals surface area (Å²) >= 11 is 12.5. The van der Waals surface area contributed by atoms with Gasteiger partial charge in [-0.1, -0.05) is 77.8 Å². The first-order chi connectivity index (χ1) is 19.9. The second-order valence-corrected chi connectivity index (χ2v) is 11.4. The van der Waals surface area contributed by atoms with Gasteiger partial charge in [0.2, 0.25) is 11.8 Å². The van der Waals surface area contributed by atoms with Crippen LogP contribution in [0.3, 0.4) is 0 Å². The Labute approximate surface area is 251 Å². The lowest BCUT2D eigenvalue weighted by atomic mass is 9.83. The topological polar surface area (TPSA) is 70.7 Å². The van der Waals surface area contributed by atoms with Crippen LogP contribution in [0, 0.1) is 0 Å². The second kappa shape index (κ2) is 13.6. The SMILES string of the molecule is CC(=O)N1C[C@H]2CC(c3ccc(CCCOc4ccccc4Cl)cc3)=C(C(=O)NCCc3ccccc3Cl)[C@@H](C1)N2. The number of nitrogens with zero attached hydrogens (tertiary/aromatic N) is 1. The maximum Gasteiger partial charge on any atom is 0.249 e. The number of nitrogens with one attached hydrogen (secondary N) is 2. The summed E-state index contributed by atoms with van der Waals surface area (Å²) in [5.41, 5.74) is 5.02. The quantitative estimate of drug-likeness (QED) is 0.296. The van der Waals surface area contributed by atoms with E-state index in [1.165, 1.54) is 5.56 Å². The molecule has 2 aliphatic heterocycles. The number of hydrogen-bond donors (Lipinski definition) is 2. The minimum atomic E-state index is -0.219. The van der Waals surface area contributed by atoms with Crippen molar-refractivity contribution in [3.8, 4) is 5.75 Å². The van der Waals surface area contributed by atoms with Crippen molar-refractivity contribution in [2.75, 3.05) is 26.2 Å². The first kappa shape index (κ1) is 29.2. The molecule has 2 N–H and O–H groups in total. The Morgan fingerprint density at radius 3 is 2.41 bits per heavy atom. The van der Waals surface area contributed by atoms with Crippen molar-refractivity contribution < 1.29 is 14.3 Å². The van der Waals surface area contributed by atoms with Crippen molar-refractivity contribution in [1.29, 1.82) is 0 Å². The summed E-state index contributed by atoms with van der Waals surface area (Å²) in [4.78, 5) is 27.7. The number of carbonyl (C=O) groups is 2. The number of piperazine rings is 1. The number of para-hydroxylation sites is 1. The maximum atomic E-state index is 13.6. The van der Waals surface area contributed by atoms with Crippen molar-refractivity contribution in [3.05, 3.63) is 105 Å². The average Bonchev–Trinajstić information content (AvgIpc) is 2.97. The van der Waals surface area contributed by atoms with Gasteiger partial charge in [0, 0.05) is 43.2 Å². The lowest BCUT2D eigenvalue weighted by molar-refractivity contribution is -0.131. The fourth-order valence-corrected chi connectivity index (χ4v) is 6.06. The lowest BCUT2D eigenvalue weighted by Crippen LogP contribution is -2.61. The molecule has 0 unspecified atom stereocenters. The molecular weight excluding hydrogens is 557 g/mol. The molecule has 0 spiro atoms. The summed E-state index contributed by atoms with van der Waals surface area (Å²) in [7, 11) is 0. The van der Waals surface area contributed by atoms with Gasteiger partial charge in [0.25, 0.3) is 0 Å². The number of ether oxygens (including phenoxy) is 1. The molecule has 8 heteroatoms. The molecule has 0 aliphatic carbocycles.